The summed E-state index contributed by atoms with van der Waals surface area (Å²) in [6.07, 6.45) is 1.76. The molecule has 7 heteroatoms. The number of aliphatic imine (C=N–C) groups is 1. The third-order valence-corrected chi connectivity index (χ3v) is 4.35. The Hall–Kier alpha value is -1.76. The van der Waals surface area contributed by atoms with E-state index in [0.29, 0.717) is 25.7 Å². The lowest BCUT2D eigenvalue weighted by molar-refractivity contribution is 0.188. The van der Waals surface area contributed by atoms with Crippen molar-refractivity contribution in [1.82, 2.24) is 15.5 Å². The molecule has 1 heterocycles. The van der Waals surface area contributed by atoms with Gasteiger partial charge in [0.2, 0.25) is 0 Å². The molecule has 0 aliphatic carbocycles. The van der Waals surface area contributed by atoms with Gasteiger partial charge in [-0.05, 0) is 37.5 Å². The maximum absolute atomic E-state index is 11.2. The minimum atomic E-state index is -0.334. The van der Waals surface area contributed by atoms with Crippen LogP contribution in [-0.2, 0) is 6.54 Å². The second-order valence-electron chi connectivity index (χ2n) is 5.57. The van der Waals surface area contributed by atoms with Gasteiger partial charge in [-0.2, -0.15) is 0 Å². The van der Waals surface area contributed by atoms with Gasteiger partial charge >= 0.3 is 6.03 Å². The monoisotopic (exact) mass is 381 g/mol. The molecule has 1 aromatic rings. The third-order valence-electron chi connectivity index (χ3n) is 3.82. The lowest BCUT2D eigenvalue weighted by Gasteiger charge is -2.32. The van der Waals surface area contributed by atoms with Crippen molar-refractivity contribution in [1.29, 1.82) is 0 Å². The Morgan fingerprint density at radius 3 is 2.57 bits per heavy atom. The predicted molar refractivity (Wildman–Crippen MR) is 96.3 cm³/mol. The van der Waals surface area contributed by atoms with E-state index in [9.17, 15) is 4.79 Å². The maximum atomic E-state index is 11.2. The van der Waals surface area contributed by atoms with Gasteiger partial charge < -0.3 is 21.3 Å². The lowest BCUT2D eigenvalue weighted by Crippen LogP contribution is -2.50. The fourth-order valence-electron chi connectivity index (χ4n) is 2.52. The Morgan fingerprint density at radius 1 is 1.35 bits per heavy atom. The van der Waals surface area contributed by atoms with Gasteiger partial charge in [-0.1, -0.05) is 28.1 Å². The average molecular weight is 382 g/mol. The molecule has 1 aliphatic rings. The number of likely N-dealkylation sites (tertiary alicyclic amines) is 1. The molecule has 1 saturated heterocycles. The van der Waals surface area contributed by atoms with Crippen LogP contribution in [0, 0.1) is 0 Å². The topological polar surface area (TPSA) is 82.8 Å². The van der Waals surface area contributed by atoms with Crippen molar-refractivity contribution in [3.05, 3.63) is 34.3 Å². The highest BCUT2D eigenvalue weighted by Crippen LogP contribution is 2.12. The second kappa shape index (κ2) is 8.76. The summed E-state index contributed by atoms with van der Waals surface area (Å²) in [6.45, 7) is 4.87. The molecule has 2 rings (SSSR count). The first-order valence-electron chi connectivity index (χ1n) is 7.92. The number of guanidine groups is 1. The van der Waals surface area contributed by atoms with E-state index < -0.39 is 0 Å². The van der Waals surface area contributed by atoms with E-state index in [1.54, 1.807) is 4.90 Å². The highest BCUT2D eigenvalue weighted by Gasteiger charge is 2.21. The largest absolute Gasteiger partial charge is 0.357 e. The number of rotatable bonds is 4. The van der Waals surface area contributed by atoms with Gasteiger partial charge in [0, 0.05) is 30.1 Å². The van der Waals surface area contributed by atoms with Crippen molar-refractivity contribution in [2.45, 2.75) is 32.4 Å². The molecule has 0 radical (unpaired) electrons. The number of carbonyl (C=O) groups is 1. The summed E-state index contributed by atoms with van der Waals surface area (Å²) in [5.74, 6) is 0.813. The zero-order valence-electron chi connectivity index (χ0n) is 13.4. The van der Waals surface area contributed by atoms with Gasteiger partial charge in [0.15, 0.2) is 5.96 Å². The van der Waals surface area contributed by atoms with E-state index >= 15 is 0 Å². The van der Waals surface area contributed by atoms with E-state index in [4.69, 9.17) is 5.73 Å². The van der Waals surface area contributed by atoms with Crippen LogP contribution in [0.1, 0.15) is 25.3 Å². The smallest absolute Gasteiger partial charge is 0.314 e. The minimum absolute atomic E-state index is 0.313. The highest BCUT2D eigenvalue weighted by atomic mass is 79.9. The van der Waals surface area contributed by atoms with Crippen molar-refractivity contribution in [3.8, 4) is 0 Å². The molecule has 126 valence electrons. The van der Waals surface area contributed by atoms with Crippen molar-refractivity contribution >= 4 is 27.9 Å². The Bertz CT molecular complexity index is 538. The number of hydrogen-bond donors (Lipinski definition) is 3. The summed E-state index contributed by atoms with van der Waals surface area (Å²) in [5.41, 5.74) is 6.47. The number of piperidine rings is 1. The molecular formula is C16H24BrN5O. The second-order valence-corrected chi connectivity index (χ2v) is 6.48. The maximum Gasteiger partial charge on any atom is 0.314 e. The Morgan fingerprint density at radius 2 is 2.00 bits per heavy atom. The summed E-state index contributed by atoms with van der Waals surface area (Å²) in [6, 6.07) is 8.13. The fourth-order valence-corrected chi connectivity index (χ4v) is 2.78. The highest BCUT2D eigenvalue weighted by molar-refractivity contribution is 9.10. The number of nitrogens with zero attached hydrogens (tertiary/aromatic N) is 2. The quantitative estimate of drug-likeness (QED) is 0.551. The van der Waals surface area contributed by atoms with Gasteiger partial charge in [0.05, 0.1) is 6.54 Å². The zero-order valence-corrected chi connectivity index (χ0v) is 15.0. The zero-order chi connectivity index (χ0) is 16.7. The van der Waals surface area contributed by atoms with E-state index in [-0.39, 0.29) is 6.03 Å². The normalized spacial score (nSPS) is 16.3. The molecule has 0 atom stereocenters. The number of urea groups is 1. The van der Waals surface area contributed by atoms with Crippen LogP contribution in [0.2, 0.25) is 0 Å². The first-order chi connectivity index (χ1) is 11.1. The molecule has 1 fully saturated rings. The molecule has 0 saturated carbocycles. The number of hydrogen-bond acceptors (Lipinski definition) is 2. The van der Waals surface area contributed by atoms with Crippen LogP contribution in [-0.4, -0.2) is 42.6 Å². The van der Waals surface area contributed by atoms with Gasteiger partial charge in [0.25, 0.3) is 0 Å². The Labute approximate surface area is 145 Å². The fraction of sp³-hybridized carbons (Fsp3) is 0.500. The van der Waals surface area contributed by atoms with Gasteiger partial charge in [-0.15, -0.1) is 0 Å². The summed E-state index contributed by atoms with van der Waals surface area (Å²) in [5, 5.41) is 6.72. The van der Waals surface area contributed by atoms with Crippen LogP contribution in [0.5, 0.6) is 0 Å². The van der Waals surface area contributed by atoms with Crippen LogP contribution in [0.15, 0.2) is 33.7 Å². The van der Waals surface area contributed by atoms with E-state index in [2.05, 4.69) is 43.7 Å². The standard InChI is InChI=1S/C16H24BrN5O/c1-2-19-16(20-11-12-3-5-13(17)6-4-12)21-14-7-9-22(10-8-14)15(18)23/h3-6,14H,2,7-11H2,1H3,(H2,18,23)(H2,19,20,21). The first-order valence-corrected chi connectivity index (χ1v) is 8.71. The van der Waals surface area contributed by atoms with Crippen molar-refractivity contribution < 1.29 is 4.79 Å². The molecule has 0 aromatic heterocycles. The Kier molecular flexibility index (Phi) is 6.70. The van der Waals surface area contributed by atoms with Crippen LogP contribution in [0.3, 0.4) is 0 Å². The molecule has 23 heavy (non-hydrogen) atoms. The SMILES string of the molecule is CCNC(=NCc1ccc(Br)cc1)NC1CCN(C(N)=O)CC1. The van der Waals surface area contributed by atoms with E-state index in [0.717, 1.165) is 35.4 Å². The summed E-state index contributed by atoms with van der Waals surface area (Å²) in [4.78, 5) is 17.5. The van der Waals surface area contributed by atoms with Crippen LogP contribution in [0.4, 0.5) is 4.79 Å². The van der Waals surface area contributed by atoms with Crippen molar-refractivity contribution in [3.63, 3.8) is 0 Å². The number of nitrogens with two attached hydrogens (primary N) is 1. The van der Waals surface area contributed by atoms with E-state index in [1.807, 2.05) is 19.1 Å². The molecule has 0 unspecified atom stereocenters. The third kappa shape index (κ3) is 5.74. The predicted octanol–water partition coefficient (Wildman–Crippen LogP) is 2.05. The summed E-state index contributed by atoms with van der Waals surface area (Å²) in [7, 11) is 0. The molecule has 4 N–H and O–H groups in total. The molecule has 2 amide bonds. The molecular weight excluding hydrogens is 358 g/mol. The van der Waals surface area contributed by atoms with Gasteiger partial charge in [-0.25, -0.2) is 9.79 Å². The van der Waals surface area contributed by atoms with Crippen molar-refractivity contribution in [2.24, 2.45) is 10.7 Å². The summed E-state index contributed by atoms with van der Waals surface area (Å²) >= 11 is 3.43. The molecule has 6 nitrogen and oxygen atoms in total. The Balaban J connectivity index is 1.89. The number of halogens is 1. The first kappa shape index (κ1) is 17.6. The number of benzene rings is 1. The van der Waals surface area contributed by atoms with Crippen LogP contribution in [0.25, 0.3) is 0 Å². The minimum Gasteiger partial charge on any atom is -0.357 e. The number of amides is 2. The number of nitrogens with one attached hydrogen (secondary N) is 2. The van der Waals surface area contributed by atoms with E-state index in [1.165, 1.54) is 0 Å². The van der Waals surface area contributed by atoms with Crippen molar-refractivity contribution in [2.75, 3.05) is 19.6 Å². The molecule has 1 aromatic carbocycles. The summed E-state index contributed by atoms with van der Waals surface area (Å²) < 4.78 is 1.07. The molecule has 0 bridgehead atoms. The molecule has 1 aliphatic heterocycles. The molecule has 0 spiro atoms. The van der Waals surface area contributed by atoms with Gasteiger partial charge in [0.1, 0.15) is 0 Å². The average Bonchev–Trinajstić information content (AvgIpc) is 2.55. The lowest BCUT2D eigenvalue weighted by atomic mass is 10.1. The number of carbonyl (C=O) groups excluding carboxylic acids is 1. The number of primary amides is 1. The van der Waals surface area contributed by atoms with Crippen LogP contribution < -0.4 is 16.4 Å². The van der Waals surface area contributed by atoms with Gasteiger partial charge in [-0.3, -0.25) is 0 Å². The van der Waals surface area contributed by atoms with Crippen LogP contribution >= 0.6 is 15.9 Å².